The minimum Gasteiger partial charge on any atom is -0.303 e. The summed E-state index contributed by atoms with van der Waals surface area (Å²) in [7, 11) is -3.26. The Labute approximate surface area is 190 Å². The molecule has 1 heterocycles. The van der Waals surface area contributed by atoms with Crippen LogP contribution in [0.25, 0.3) is 0 Å². The quantitative estimate of drug-likeness (QED) is 0.477. The maximum Gasteiger partial charge on any atom is 0.184 e. The number of piperidine rings is 1. The van der Waals surface area contributed by atoms with Gasteiger partial charge in [-0.2, -0.15) is 0 Å². The maximum absolute atomic E-state index is 13.2. The molecular formula is C24H29Cl2NO2S. The van der Waals surface area contributed by atoms with Crippen molar-refractivity contribution in [1.29, 1.82) is 0 Å². The average molecular weight is 466 g/mol. The summed E-state index contributed by atoms with van der Waals surface area (Å²) in [5.41, 5.74) is 1.27. The Morgan fingerprint density at radius 2 is 1.67 bits per heavy atom. The third-order valence-electron chi connectivity index (χ3n) is 7.00. The molecule has 1 saturated heterocycles. The second-order valence-electron chi connectivity index (χ2n) is 8.75. The first-order valence-corrected chi connectivity index (χ1v) is 13.1. The van der Waals surface area contributed by atoms with E-state index in [1.54, 1.807) is 12.1 Å². The topological polar surface area (TPSA) is 37.4 Å². The van der Waals surface area contributed by atoms with Crippen molar-refractivity contribution in [3.8, 4) is 0 Å². The fraction of sp³-hybridized carbons (Fsp3) is 0.500. The van der Waals surface area contributed by atoms with Gasteiger partial charge in [0.1, 0.15) is 0 Å². The number of benzene rings is 2. The molecule has 2 aromatic rings. The van der Waals surface area contributed by atoms with Gasteiger partial charge in [-0.3, -0.25) is 0 Å². The van der Waals surface area contributed by atoms with E-state index < -0.39 is 14.6 Å². The van der Waals surface area contributed by atoms with Gasteiger partial charge in [-0.1, -0.05) is 53.9 Å². The van der Waals surface area contributed by atoms with Crippen LogP contribution >= 0.6 is 23.2 Å². The minimum atomic E-state index is -3.26. The van der Waals surface area contributed by atoms with E-state index in [-0.39, 0.29) is 0 Å². The van der Waals surface area contributed by atoms with Crippen LogP contribution in [0, 0.1) is 0 Å². The number of halogens is 2. The van der Waals surface area contributed by atoms with Crippen molar-refractivity contribution in [3.63, 3.8) is 0 Å². The number of nitrogens with zero attached hydrogens (tertiary/aromatic N) is 1. The predicted octanol–water partition coefficient (Wildman–Crippen LogP) is 6.35. The Kier molecular flexibility index (Phi) is 6.79. The molecule has 30 heavy (non-hydrogen) atoms. The molecule has 2 aliphatic rings. The summed E-state index contributed by atoms with van der Waals surface area (Å²) in [6, 6.07) is 15.0. The van der Waals surface area contributed by atoms with Crippen molar-refractivity contribution < 1.29 is 8.42 Å². The molecule has 0 atom stereocenters. The highest BCUT2D eigenvalue weighted by Crippen LogP contribution is 2.46. The summed E-state index contributed by atoms with van der Waals surface area (Å²) in [6.07, 6.45) is 6.51. The Hall–Kier alpha value is -1.07. The molecule has 0 bridgehead atoms. The van der Waals surface area contributed by atoms with Crippen LogP contribution in [0.4, 0.5) is 0 Å². The molecule has 2 aromatic carbocycles. The molecule has 1 aliphatic carbocycles. The van der Waals surface area contributed by atoms with E-state index in [1.165, 1.54) is 5.56 Å². The zero-order chi connectivity index (χ0) is 21.2. The Bertz CT molecular complexity index is 966. The van der Waals surface area contributed by atoms with Gasteiger partial charge in [-0.25, -0.2) is 8.42 Å². The van der Waals surface area contributed by atoms with Gasteiger partial charge in [0.25, 0.3) is 0 Å². The molecule has 1 saturated carbocycles. The smallest absolute Gasteiger partial charge is 0.184 e. The van der Waals surface area contributed by atoms with E-state index in [9.17, 15) is 8.42 Å². The SMILES string of the molecule is O=S(=O)(c1ccccc1)C1(CCCN2CCC(c3ccc(Cl)c(Cl)c3)CC2)CCC1. The molecule has 162 valence electrons. The first-order valence-electron chi connectivity index (χ1n) is 10.9. The van der Waals surface area contributed by atoms with Gasteiger partial charge in [0.05, 0.1) is 19.7 Å². The van der Waals surface area contributed by atoms with Crippen molar-refractivity contribution in [2.45, 2.75) is 60.5 Å². The highest BCUT2D eigenvalue weighted by molar-refractivity contribution is 7.93. The molecule has 0 N–H and O–H groups in total. The molecule has 1 aliphatic heterocycles. The summed E-state index contributed by atoms with van der Waals surface area (Å²) < 4.78 is 25.9. The summed E-state index contributed by atoms with van der Waals surface area (Å²) in [5, 5.41) is 1.23. The molecule has 0 aromatic heterocycles. The van der Waals surface area contributed by atoms with Crippen molar-refractivity contribution in [2.24, 2.45) is 0 Å². The second-order valence-corrected chi connectivity index (χ2v) is 11.9. The van der Waals surface area contributed by atoms with Crippen LogP contribution in [-0.4, -0.2) is 37.7 Å². The average Bonchev–Trinajstić information content (AvgIpc) is 2.73. The molecule has 0 unspecified atom stereocenters. The first kappa shape index (κ1) is 22.1. The lowest BCUT2D eigenvalue weighted by molar-refractivity contribution is 0.199. The summed E-state index contributed by atoms with van der Waals surface area (Å²) in [5.74, 6) is 0.521. The van der Waals surface area contributed by atoms with E-state index in [0.717, 1.165) is 64.6 Å². The highest BCUT2D eigenvalue weighted by Gasteiger charge is 2.48. The highest BCUT2D eigenvalue weighted by atomic mass is 35.5. The van der Waals surface area contributed by atoms with Gasteiger partial charge in [-0.05, 0) is 93.9 Å². The van der Waals surface area contributed by atoms with Gasteiger partial charge < -0.3 is 4.90 Å². The zero-order valence-electron chi connectivity index (χ0n) is 17.2. The zero-order valence-corrected chi connectivity index (χ0v) is 19.5. The first-order chi connectivity index (χ1) is 14.4. The number of hydrogen-bond acceptors (Lipinski definition) is 3. The van der Waals surface area contributed by atoms with Crippen LogP contribution in [0.3, 0.4) is 0 Å². The monoisotopic (exact) mass is 465 g/mol. The van der Waals surface area contributed by atoms with E-state index in [0.29, 0.717) is 20.9 Å². The van der Waals surface area contributed by atoms with E-state index >= 15 is 0 Å². The van der Waals surface area contributed by atoms with Crippen molar-refractivity contribution in [1.82, 2.24) is 4.90 Å². The van der Waals surface area contributed by atoms with E-state index in [2.05, 4.69) is 11.0 Å². The lowest BCUT2D eigenvalue weighted by Gasteiger charge is -2.42. The molecule has 0 amide bonds. The van der Waals surface area contributed by atoms with Crippen LogP contribution in [0.2, 0.25) is 10.0 Å². The van der Waals surface area contributed by atoms with Gasteiger partial charge in [0.2, 0.25) is 0 Å². The fourth-order valence-corrected chi connectivity index (χ4v) is 7.52. The van der Waals surface area contributed by atoms with Crippen LogP contribution in [0.1, 0.15) is 56.4 Å². The third kappa shape index (κ3) is 4.43. The molecule has 0 spiro atoms. The standard InChI is InChI=1S/C24H29Cl2NO2S/c25-22-9-8-20(18-23(22)26)19-10-16-27(17-11-19)15-5-14-24(12-4-13-24)30(28,29)21-6-2-1-3-7-21/h1-3,6-9,18-19H,4-5,10-17H2. The summed E-state index contributed by atoms with van der Waals surface area (Å²) in [4.78, 5) is 2.96. The van der Waals surface area contributed by atoms with Gasteiger partial charge in [0, 0.05) is 0 Å². The fourth-order valence-electron chi connectivity index (χ4n) is 4.95. The Balaban J connectivity index is 1.30. The molecular weight excluding hydrogens is 437 g/mol. The second kappa shape index (κ2) is 9.20. The van der Waals surface area contributed by atoms with E-state index in [1.807, 2.05) is 30.3 Å². The van der Waals surface area contributed by atoms with E-state index in [4.69, 9.17) is 23.2 Å². The Morgan fingerprint density at radius 3 is 2.27 bits per heavy atom. The van der Waals surface area contributed by atoms with Crippen molar-refractivity contribution in [3.05, 3.63) is 64.1 Å². The molecule has 6 heteroatoms. The van der Waals surface area contributed by atoms with Gasteiger partial charge in [0.15, 0.2) is 9.84 Å². The number of sulfone groups is 1. The molecule has 3 nitrogen and oxygen atoms in total. The Morgan fingerprint density at radius 1 is 0.967 bits per heavy atom. The van der Waals surface area contributed by atoms with Crippen LogP contribution in [0.15, 0.2) is 53.4 Å². The van der Waals surface area contributed by atoms with Crippen LogP contribution < -0.4 is 0 Å². The normalized spacial score (nSPS) is 20.1. The predicted molar refractivity (Wildman–Crippen MR) is 124 cm³/mol. The number of likely N-dealkylation sites (tertiary alicyclic amines) is 1. The summed E-state index contributed by atoms with van der Waals surface area (Å²) >= 11 is 12.2. The van der Waals surface area contributed by atoms with Gasteiger partial charge in [-0.15, -0.1) is 0 Å². The van der Waals surface area contributed by atoms with Crippen LogP contribution in [-0.2, 0) is 9.84 Å². The lowest BCUT2D eigenvalue weighted by Crippen LogP contribution is -2.46. The van der Waals surface area contributed by atoms with Crippen molar-refractivity contribution >= 4 is 33.0 Å². The van der Waals surface area contributed by atoms with Gasteiger partial charge >= 0.3 is 0 Å². The van der Waals surface area contributed by atoms with Crippen molar-refractivity contribution in [2.75, 3.05) is 19.6 Å². The third-order valence-corrected chi connectivity index (χ3v) is 10.4. The number of hydrogen-bond donors (Lipinski definition) is 0. The summed E-state index contributed by atoms with van der Waals surface area (Å²) in [6.45, 7) is 3.06. The minimum absolute atomic E-state index is 0.479. The van der Waals surface area contributed by atoms with Crippen LogP contribution in [0.5, 0.6) is 0 Å². The lowest BCUT2D eigenvalue weighted by atomic mass is 9.80. The molecule has 2 fully saturated rings. The number of rotatable bonds is 7. The molecule has 4 rings (SSSR count). The maximum atomic E-state index is 13.2. The largest absolute Gasteiger partial charge is 0.303 e. The molecule has 0 radical (unpaired) electrons.